The van der Waals surface area contributed by atoms with Crippen molar-refractivity contribution in [3.63, 3.8) is 0 Å². The van der Waals surface area contributed by atoms with Gasteiger partial charge in [-0.05, 0) is 80.9 Å². The molecule has 1 aromatic carbocycles. The molecule has 0 bridgehead atoms. The number of hydrogen-bond acceptors (Lipinski definition) is 5. The molecule has 6 rings (SSSR count). The summed E-state index contributed by atoms with van der Waals surface area (Å²) in [4.78, 5) is 16.8. The molecule has 6 heteroatoms. The van der Waals surface area contributed by atoms with E-state index in [0.717, 1.165) is 40.2 Å². The van der Waals surface area contributed by atoms with E-state index in [1.54, 1.807) is 0 Å². The van der Waals surface area contributed by atoms with Crippen molar-refractivity contribution in [3.05, 3.63) is 66.6 Å². The first-order valence-electron chi connectivity index (χ1n) is 12.1. The third-order valence-electron chi connectivity index (χ3n) is 7.26. The van der Waals surface area contributed by atoms with Gasteiger partial charge in [-0.3, -0.25) is 4.40 Å². The van der Waals surface area contributed by atoms with Gasteiger partial charge in [-0.1, -0.05) is 30.3 Å². The minimum absolute atomic E-state index is 0.449. The maximum atomic E-state index is 4.95. The first-order chi connectivity index (χ1) is 16.2. The van der Waals surface area contributed by atoms with Crippen LogP contribution in [0.25, 0.3) is 28.2 Å². The summed E-state index contributed by atoms with van der Waals surface area (Å²) in [7, 11) is 0. The lowest BCUT2D eigenvalue weighted by molar-refractivity contribution is 0.0888. The van der Waals surface area contributed by atoms with E-state index in [9.17, 15) is 0 Å². The Balaban J connectivity index is 1.26. The van der Waals surface area contributed by atoms with Gasteiger partial charge in [-0.2, -0.15) is 0 Å². The van der Waals surface area contributed by atoms with Crippen LogP contribution in [0.5, 0.6) is 0 Å². The highest BCUT2D eigenvalue weighted by molar-refractivity contribution is 5.69. The van der Waals surface area contributed by atoms with Crippen molar-refractivity contribution >= 4 is 11.6 Å². The van der Waals surface area contributed by atoms with E-state index in [-0.39, 0.29) is 0 Å². The molecule has 4 heterocycles. The number of likely N-dealkylation sites (tertiary alicyclic amines) is 1. The SMILES string of the molecule is Cc1cnc(N[C@H]2CC[C@H](N3CCC3)CC2)nc1-c1cnc2ccc(-c3ccccc3)cn12. The molecule has 1 aliphatic heterocycles. The number of aryl methyl sites for hydroxylation is 1. The maximum absolute atomic E-state index is 4.95. The number of aromatic nitrogens is 4. The van der Waals surface area contributed by atoms with Gasteiger partial charge in [-0.15, -0.1) is 0 Å². The second-order valence-electron chi connectivity index (χ2n) is 9.42. The van der Waals surface area contributed by atoms with E-state index < -0.39 is 0 Å². The molecule has 33 heavy (non-hydrogen) atoms. The fraction of sp³-hybridized carbons (Fsp3) is 0.370. The molecule has 1 saturated carbocycles. The zero-order valence-corrected chi connectivity index (χ0v) is 19.1. The van der Waals surface area contributed by atoms with Gasteiger partial charge >= 0.3 is 0 Å². The Bertz CT molecular complexity index is 1250. The number of nitrogens with one attached hydrogen (secondary N) is 1. The number of fused-ring (bicyclic) bond motifs is 1. The first kappa shape index (κ1) is 20.4. The van der Waals surface area contributed by atoms with Gasteiger partial charge in [0.25, 0.3) is 0 Å². The first-order valence-corrected chi connectivity index (χ1v) is 12.1. The lowest BCUT2D eigenvalue weighted by Crippen LogP contribution is -2.47. The molecule has 0 spiro atoms. The number of hydrogen-bond donors (Lipinski definition) is 1. The van der Waals surface area contributed by atoms with Crippen LogP contribution < -0.4 is 5.32 Å². The summed E-state index contributed by atoms with van der Waals surface area (Å²) in [5, 5.41) is 3.62. The second-order valence-corrected chi connectivity index (χ2v) is 9.42. The molecule has 1 N–H and O–H groups in total. The van der Waals surface area contributed by atoms with Crippen molar-refractivity contribution in [2.45, 2.75) is 51.1 Å². The normalized spacial score (nSPS) is 21.1. The van der Waals surface area contributed by atoms with Gasteiger partial charge in [0.05, 0.1) is 17.6 Å². The molecule has 168 valence electrons. The molecule has 6 nitrogen and oxygen atoms in total. The molecule has 0 radical (unpaired) electrons. The van der Waals surface area contributed by atoms with Gasteiger partial charge in [-0.25, -0.2) is 15.0 Å². The van der Waals surface area contributed by atoms with Crippen LogP contribution in [0.15, 0.2) is 61.1 Å². The summed E-state index contributed by atoms with van der Waals surface area (Å²) >= 11 is 0. The molecule has 0 atom stereocenters. The molecule has 4 aromatic rings. The fourth-order valence-corrected chi connectivity index (χ4v) is 5.20. The molecule has 3 aromatic heterocycles. The van der Waals surface area contributed by atoms with Crippen molar-refractivity contribution in [2.75, 3.05) is 18.4 Å². The van der Waals surface area contributed by atoms with Crippen LogP contribution in [0.1, 0.15) is 37.7 Å². The maximum Gasteiger partial charge on any atom is 0.223 e. The number of nitrogens with zero attached hydrogens (tertiary/aromatic N) is 5. The summed E-state index contributed by atoms with van der Waals surface area (Å²) in [6.45, 7) is 4.65. The molecule has 1 aliphatic carbocycles. The highest BCUT2D eigenvalue weighted by atomic mass is 15.2. The monoisotopic (exact) mass is 438 g/mol. The molecule has 1 saturated heterocycles. The molecule has 2 aliphatic rings. The van der Waals surface area contributed by atoms with Crippen LogP contribution in [-0.4, -0.2) is 49.4 Å². The van der Waals surface area contributed by atoms with Crippen molar-refractivity contribution in [1.29, 1.82) is 0 Å². The Morgan fingerprint density at radius 2 is 1.70 bits per heavy atom. The number of pyridine rings is 1. The van der Waals surface area contributed by atoms with E-state index in [4.69, 9.17) is 4.98 Å². The van der Waals surface area contributed by atoms with Crippen LogP contribution in [0.4, 0.5) is 5.95 Å². The molecule has 0 unspecified atom stereocenters. The van der Waals surface area contributed by atoms with Gasteiger partial charge < -0.3 is 10.2 Å². The van der Waals surface area contributed by atoms with Crippen LogP contribution in [0.2, 0.25) is 0 Å². The zero-order valence-electron chi connectivity index (χ0n) is 19.1. The standard InChI is InChI=1S/C27H30N6/c1-19-16-29-27(30-22-9-11-23(12-10-22)32-14-5-15-32)31-26(19)24-17-28-25-13-8-21(18-33(24)25)20-6-3-2-4-7-20/h2-4,6-8,13,16-18,22-23H,5,9-12,14-15H2,1H3,(H,29,30,31)/t22-,23-. The number of anilines is 1. The van der Waals surface area contributed by atoms with Crippen LogP contribution >= 0.6 is 0 Å². The predicted octanol–water partition coefficient (Wildman–Crippen LogP) is 5.20. The third kappa shape index (κ3) is 4.00. The average molecular weight is 439 g/mol. The van der Waals surface area contributed by atoms with Crippen LogP contribution in [-0.2, 0) is 0 Å². The molecular formula is C27H30N6. The lowest BCUT2D eigenvalue weighted by Gasteiger charge is -2.42. The number of imidazole rings is 1. The topological polar surface area (TPSA) is 58.4 Å². The number of benzene rings is 1. The fourth-order valence-electron chi connectivity index (χ4n) is 5.20. The van der Waals surface area contributed by atoms with E-state index in [1.165, 1.54) is 50.8 Å². The molecular weight excluding hydrogens is 408 g/mol. The highest BCUT2D eigenvalue weighted by Gasteiger charge is 2.29. The summed E-state index contributed by atoms with van der Waals surface area (Å²) in [6.07, 6.45) is 12.3. The van der Waals surface area contributed by atoms with Crippen molar-refractivity contribution in [1.82, 2.24) is 24.3 Å². The summed E-state index contributed by atoms with van der Waals surface area (Å²) in [6, 6.07) is 15.9. The minimum Gasteiger partial charge on any atom is -0.351 e. The average Bonchev–Trinajstić information content (AvgIpc) is 3.24. The van der Waals surface area contributed by atoms with Crippen molar-refractivity contribution < 1.29 is 0 Å². The van der Waals surface area contributed by atoms with Crippen molar-refractivity contribution in [3.8, 4) is 22.5 Å². The van der Waals surface area contributed by atoms with Crippen LogP contribution in [0.3, 0.4) is 0 Å². The third-order valence-corrected chi connectivity index (χ3v) is 7.26. The van der Waals surface area contributed by atoms with E-state index >= 15 is 0 Å². The van der Waals surface area contributed by atoms with Crippen molar-refractivity contribution in [2.24, 2.45) is 0 Å². The number of rotatable bonds is 5. The Morgan fingerprint density at radius 3 is 2.45 bits per heavy atom. The smallest absolute Gasteiger partial charge is 0.223 e. The van der Waals surface area contributed by atoms with Gasteiger partial charge in [0.2, 0.25) is 5.95 Å². The quantitative estimate of drug-likeness (QED) is 0.464. The second kappa shape index (κ2) is 8.60. The zero-order chi connectivity index (χ0) is 22.2. The largest absolute Gasteiger partial charge is 0.351 e. The van der Waals surface area contributed by atoms with E-state index in [0.29, 0.717) is 6.04 Å². The van der Waals surface area contributed by atoms with E-state index in [2.05, 4.69) is 74.1 Å². The van der Waals surface area contributed by atoms with Gasteiger partial charge in [0.15, 0.2) is 0 Å². The summed E-state index contributed by atoms with van der Waals surface area (Å²) in [5.41, 5.74) is 6.24. The Labute approximate surface area is 194 Å². The van der Waals surface area contributed by atoms with Crippen LogP contribution in [0, 0.1) is 6.92 Å². The summed E-state index contributed by atoms with van der Waals surface area (Å²) in [5.74, 6) is 0.720. The lowest BCUT2D eigenvalue weighted by atomic mass is 9.89. The van der Waals surface area contributed by atoms with Gasteiger partial charge in [0.1, 0.15) is 5.65 Å². The van der Waals surface area contributed by atoms with Gasteiger partial charge in [0, 0.05) is 24.5 Å². The summed E-state index contributed by atoms with van der Waals surface area (Å²) < 4.78 is 2.14. The molecule has 2 fully saturated rings. The predicted molar refractivity (Wildman–Crippen MR) is 132 cm³/mol. The Morgan fingerprint density at radius 1 is 0.879 bits per heavy atom. The Kier molecular flexibility index (Phi) is 5.30. The minimum atomic E-state index is 0.449. The Hall–Kier alpha value is -3.25. The van der Waals surface area contributed by atoms with E-state index in [1.807, 2.05) is 18.5 Å². The molecule has 0 amide bonds. The highest BCUT2D eigenvalue weighted by Crippen LogP contribution is 2.29.